The second-order valence-electron chi connectivity index (χ2n) is 5.18. The average Bonchev–Trinajstić information content (AvgIpc) is 2.58. The van der Waals surface area contributed by atoms with Crippen molar-refractivity contribution in [2.75, 3.05) is 13.1 Å². The molecule has 1 aromatic carbocycles. The van der Waals surface area contributed by atoms with Crippen LogP contribution in [0.4, 0.5) is 0 Å². The Morgan fingerprint density at radius 1 is 1.14 bits per heavy atom. The fourth-order valence-corrected chi connectivity index (χ4v) is 2.27. The van der Waals surface area contributed by atoms with Crippen LogP contribution in [0.15, 0.2) is 54.9 Å². The highest BCUT2D eigenvalue weighted by Gasteiger charge is 2.11. The Labute approximate surface area is 132 Å². The standard InChI is InChI=1S/C18H23N3O/c1-2-21(15-16-7-4-3-5-8-16)18(22)10-12-20-14-17-9-6-11-19-13-17/h3-9,11,13,20H,2,10,12,14-15H2,1H3. The first-order valence-electron chi connectivity index (χ1n) is 7.71. The predicted molar refractivity (Wildman–Crippen MR) is 88.1 cm³/mol. The summed E-state index contributed by atoms with van der Waals surface area (Å²) in [4.78, 5) is 18.2. The monoisotopic (exact) mass is 297 g/mol. The summed E-state index contributed by atoms with van der Waals surface area (Å²) in [6.45, 7) is 4.85. The van der Waals surface area contributed by atoms with Gasteiger partial charge >= 0.3 is 0 Å². The van der Waals surface area contributed by atoms with Crippen molar-refractivity contribution in [2.45, 2.75) is 26.4 Å². The number of hydrogen-bond donors (Lipinski definition) is 1. The SMILES string of the molecule is CCN(Cc1ccccc1)C(=O)CCNCc1cccnc1. The zero-order chi connectivity index (χ0) is 15.6. The molecule has 0 unspecified atom stereocenters. The first-order chi connectivity index (χ1) is 10.8. The van der Waals surface area contributed by atoms with Gasteiger partial charge in [-0.1, -0.05) is 36.4 Å². The molecule has 0 fully saturated rings. The zero-order valence-corrected chi connectivity index (χ0v) is 13.0. The molecule has 0 saturated heterocycles. The third-order valence-corrected chi connectivity index (χ3v) is 3.52. The molecule has 4 nitrogen and oxygen atoms in total. The van der Waals surface area contributed by atoms with E-state index in [0.29, 0.717) is 19.5 Å². The lowest BCUT2D eigenvalue weighted by atomic mass is 10.2. The molecule has 1 heterocycles. The summed E-state index contributed by atoms with van der Waals surface area (Å²) in [6.07, 6.45) is 4.11. The number of benzene rings is 1. The largest absolute Gasteiger partial charge is 0.339 e. The first-order valence-corrected chi connectivity index (χ1v) is 7.71. The van der Waals surface area contributed by atoms with E-state index >= 15 is 0 Å². The molecule has 0 saturated carbocycles. The number of hydrogen-bond acceptors (Lipinski definition) is 3. The van der Waals surface area contributed by atoms with Crippen LogP contribution in [0.25, 0.3) is 0 Å². The van der Waals surface area contributed by atoms with Gasteiger partial charge in [-0.2, -0.15) is 0 Å². The Morgan fingerprint density at radius 2 is 1.91 bits per heavy atom. The molecule has 2 aromatic rings. The number of aromatic nitrogens is 1. The summed E-state index contributed by atoms with van der Waals surface area (Å²) < 4.78 is 0. The molecule has 1 N–H and O–H groups in total. The molecule has 0 atom stereocenters. The first kappa shape index (κ1) is 16.2. The van der Waals surface area contributed by atoms with Crippen molar-refractivity contribution >= 4 is 5.91 Å². The highest BCUT2D eigenvalue weighted by atomic mass is 16.2. The van der Waals surface area contributed by atoms with E-state index < -0.39 is 0 Å². The lowest BCUT2D eigenvalue weighted by Crippen LogP contribution is -2.32. The maximum absolute atomic E-state index is 12.3. The van der Waals surface area contributed by atoms with Gasteiger partial charge in [0.1, 0.15) is 0 Å². The number of pyridine rings is 1. The zero-order valence-electron chi connectivity index (χ0n) is 13.0. The molecule has 22 heavy (non-hydrogen) atoms. The molecule has 1 aromatic heterocycles. The number of amides is 1. The third kappa shape index (κ3) is 5.30. The predicted octanol–water partition coefficient (Wildman–Crippen LogP) is 2.61. The van der Waals surface area contributed by atoms with Crippen molar-refractivity contribution in [3.63, 3.8) is 0 Å². The second-order valence-corrected chi connectivity index (χ2v) is 5.18. The quantitative estimate of drug-likeness (QED) is 0.762. The smallest absolute Gasteiger partial charge is 0.224 e. The van der Waals surface area contributed by atoms with Crippen LogP contribution >= 0.6 is 0 Å². The molecular weight excluding hydrogens is 274 g/mol. The van der Waals surface area contributed by atoms with Crippen LogP contribution in [0, 0.1) is 0 Å². The van der Waals surface area contributed by atoms with Gasteiger partial charge in [0.15, 0.2) is 0 Å². The minimum Gasteiger partial charge on any atom is -0.339 e. The topological polar surface area (TPSA) is 45.2 Å². The van der Waals surface area contributed by atoms with Gasteiger partial charge in [0.25, 0.3) is 0 Å². The van der Waals surface area contributed by atoms with Gasteiger partial charge in [-0.05, 0) is 24.1 Å². The van der Waals surface area contributed by atoms with Crippen LogP contribution in [0.1, 0.15) is 24.5 Å². The second kappa shape index (κ2) is 8.95. The van der Waals surface area contributed by atoms with Crippen LogP contribution in [-0.2, 0) is 17.9 Å². The highest BCUT2D eigenvalue weighted by molar-refractivity contribution is 5.76. The summed E-state index contributed by atoms with van der Waals surface area (Å²) >= 11 is 0. The Balaban J connectivity index is 1.73. The van der Waals surface area contributed by atoms with Crippen LogP contribution in [0.3, 0.4) is 0 Å². The fourth-order valence-electron chi connectivity index (χ4n) is 2.27. The van der Waals surface area contributed by atoms with Crippen LogP contribution in [0.5, 0.6) is 0 Å². The number of carbonyl (C=O) groups excluding carboxylic acids is 1. The molecule has 0 aliphatic carbocycles. The molecule has 2 rings (SSSR count). The fraction of sp³-hybridized carbons (Fsp3) is 0.333. The van der Waals surface area contributed by atoms with Crippen LogP contribution in [0.2, 0.25) is 0 Å². The van der Waals surface area contributed by atoms with E-state index in [1.807, 2.05) is 48.4 Å². The van der Waals surface area contributed by atoms with Gasteiger partial charge in [-0.25, -0.2) is 0 Å². The maximum Gasteiger partial charge on any atom is 0.224 e. The summed E-state index contributed by atoms with van der Waals surface area (Å²) in [5, 5.41) is 3.29. The Morgan fingerprint density at radius 3 is 2.59 bits per heavy atom. The maximum atomic E-state index is 12.3. The lowest BCUT2D eigenvalue weighted by molar-refractivity contribution is -0.131. The molecular formula is C18H23N3O. The number of nitrogens with zero attached hydrogens (tertiary/aromatic N) is 2. The third-order valence-electron chi connectivity index (χ3n) is 3.52. The highest BCUT2D eigenvalue weighted by Crippen LogP contribution is 2.05. The van der Waals surface area contributed by atoms with Gasteiger partial charge in [0.2, 0.25) is 5.91 Å². The summed E-state index contributed by atoms with van der Waals surface area (Å²) in [5.74, 6) is 0.185. The van der Waals surface area contributed by atoms with Crippen LogP contribution in [-0.4, -0.2) is 28.9 Å². The van der Waals surface area contributed by atoms with Crippen LogP contribution < -0.4 is 5.32 Å². The van der Waals surface area contributed by atoms with E-state index in [1.54, 1.807) is 6.20 Å². The number of nitrogens with one attached hydrogen (secondary N) is 1. The number of carbonyl (C=O) groups is 1. The molecule has 0 aliphatic rings. The normalized spacial score (nSPS) is 10.4. The van der Waals surface area contributed by atoms with Crippen molar-refractivity contribution < 1.29 is 4.79 Å². The van der Waals surface area contributed by atoms with Gasteiger partial charge in [0.05, 0.1) is 0 Å². The van der Waals surface area contributed by atoms with E-state index in [1.165, 1.54) is 5.56 Å². The summed E-state index contributed by atoms with van der Waals surface area (Å²) in [7, 11) is 0. The average molecular weight is 297 g/mol. The van der Waals surface area contributed by atoms with Crippen molar-refractivity contribution in [1.82, 2.24) is 15.2 Å². The summed E-state index contributed by atoms with van der Waals surface area (Å²) in [6, 6.07) is 14.0. The molecule has 0 bridgehead atoms. The Bertz CT molecular complexity index is 557. The molecule has 0 aliphatic heterocycles. The molecule has 0 spiro atoms. The summed E-state index contributed by atoms with van der Waals surface area (Å²) in [5.41, 5.74) is 2.30. The Kier molecular flexibility index (Phi) is 6.58. The number of rotatable bonds is 8. The minimum absolute atomic E-state index is 0.185. The lowest BCUT2D eigenvalue weighted by Gasteiger charge is -2.21. The van der Waals surface area contributed by atoms with Gasteiger partial charge in [-0.15, -0.1) is 0 Å². The van der Waals surface area contributed by atoms with Gasteiger partial charge in [0, 0.05) is 45.0 Å². The van der Waals surface area contributed by atoms with E-state index in [2.05, 4.69) is 22.4 Å². The van der Waals surface area contributed by atoms with E-state index in [9.17, 15) is 4.79 Å². The Hall–Kier alpha value is -2.20. The van der Waals surface area contributed by atoms with E-state index in [4.69, 9.17) is 0 Å². The van der Waals surface area contributed by atoms with Crippen molar-refractivity contribution in [1.29, 1.82) is 0 Å². The van der Waals surface area contributed by atoms with Gasteiger partial charge < -0.3 is 10.2 Å². The van der Waals surface area contributed by atoms with Crippen molar-refractivity contribution in [2.24, 2.45) is 0 Å². The van der Waals surface area contributed by atoms with E-state index in [0.717, 1.165) is 18.7 Å². The molecule has 4 heteroatoms. The molecule has 116 valence electrons. The van der Waals surface area contributed by atoms with Gasteiger partial charge in [-0.3, -0.25) is 9.78 Å². The molecule has 0 radical (unpaired) electrons. The van der Waals surface area contributed by atoms with Crippen molar-refractivity contribution in [3.05, 3.63) is 66.0 Å². The van der Waals surface area contributed by atoms with Crippen molar-refractivity contribution in [3.8, 4) is 0 Å². The minimum atomic E-state index is 0.185. The molecule has 1 amide bonds. The van der Waals surface area contributed by atoms with E-state index in [-0.39, 0.29) is 5.91 Å².